The Labute approximate surface area is 104 Å². The standard InChI is InChI=1S/C11H17NO4S/c13-4-6-16-5-1-3-12-8-9-2-7-17-10(9)11(14)15/h2,7,12-13H,1,3-6,8H2,(H,14,15). The third kappa shape index (κ3) is 5.27. The van der Waals surface area contributed by atoms with Gasteiger partial charge in [0.2, 0.25) is 0 Å². The van der Waals surface area contributed by atoms with E-state index in [4.69, 9.17) is 14.9 Å². The molecule has 0 fully saturated rings. The smallest absolute Gasteiger partial charge is 0.346 e. The van der Waals surface area contributed by atoms with Crippen LogP contribution in [0.2, 0.25) is 0 Å². The maximum absolute atomic E-state index is 10.8. The fourth-order valence-electron chi connectivity index (χ4n) is 1.35. The van der Waals surface area contributed by atoms with Crippen LogP contribution in [0.3, 0.4) is 0 Å². The minimum absolute atomic E-state index is 0.0459. The van der Waals surface area contributed by atoms with Crippen molar-refractivity contribution in [2.24, 2.45) is 0 Å². The first-order chi connectivity index (χ1) is 8.25. The van der Waals surface area contributed by atoms with E-state index in [1.807, 2.05) is 6.07 Å². The lowest BCUT2D eigenvalue weighted by Gasteiger charge is -2.05. The summed E-state index contributed by atoms with van der Waals surface area (Å²) in [6, 6.07) is 1.82. The molecule has 0 aliphatic carbocycles. The molecular formula is C11H17NO4S. The molecule has 0 bridgehead atoms. The van der Waals surface area contributed by atoms with Gasteiger partial charge in [0.25, 0.3) is 0 Å². The number of carbonyl (C=O) groups is 1. The van der Waals surface area contributed by atoms with Crippen LogP contribution in [0.15, 0.2) is 11.4 Å². The highest BCUT2D eigenvalue weighted by Gasteiger charge is 2.10. The van der Waals surface area contributed by atoms with Gasteiger partial charge in [-0.25, -0.2) is 4.79 Å². The molecule has 0 radical (unpaired) electrons. The Kier molecular flexibility index (Phi) is 6.80. The third-order valence-corrected chi connectivity index (χ3v) is 3.08. The summed E-state index contributed by atoms with van der Waals surface area (Å²) >= 11 is 1.24. The van der Waals surface area contributed by atoms with E-state index in [0.717, 1.165) is 18.5 Å². The van der Waals surface area contributed by atoms with E-state index in [9.17, 15) is 4.79 Å². The number of aliphatic hydroxyl groups is 1. The van der Waals surface area contributed by atoms with Crippen molar-refractivity contribution < 1.29 is 19.7 Å². The first-order valence-corrected chi connectivity index (χ1v) is 6.32. The zero-order valence-corrected chi connectivity index (χ0v) is 10.3. The van der Waals surface area contributed by atoms with Crippen molar-refractivity contribution >= 4 is 17.3 Å². The fraction of sp³-hybridized carbons (Fsp3) is 0.545. The van der Waals surface area contributed by atoms with Crippen molar-refractivity contribution in [3.05, 3.63) is 21.9 Å². The molecule has 6 heteroatoms. The Balaban J connectivity index is 2.14. The lowest BCUT2D eigenvalue weighted by molar-refractivity contribution is 0.0701. The Hall–Kier alpha value is -0.950. The normalized spacial score (nSPS) is 10.6. The lowest BCUT2D eigenvalue weighted by Crippen LogP contribution is -2.17. The summed E-state index contributed by atoms with van der Waals surface area (Å²) in [6.45, 7) is 2.34. The number of carboxylic acids is 1. The number of ether oxygens (including phenoxy) is 1. The molecule has 1 rings (SSSR count). The van der Waals surface area contributed by atoms with Crippen LogP contribution in [0, 0.1) is 0 Å². The van der Waals surface area contributed by atoms with Crippen LogP contribution in [-0.4, -0.2) is 42.5 Å². The molecule has 1 aromatic heterocycles. The monoisotopic (exact) mass is 259 g/mol. The average molecular weight is 259 g/mol. The second kappa shape index (κ2) is 8.19. The predicted octanol–water partition coefficient (Wildman–Crippen LogP) is 0.935. The van der Waals surface area contributed by atoms with E-state index in [2.05, 4.69) is 5.32 Å². The number of rotatable bonds is 9. The van der Waals surface area contributed by atoms with Crippen molar-refractivity contribution in [3.63, 3.8) is 0 Å². The largest absolute Gasteiger partial charge is 0.477 e. The molecule has 3 N–H and O–H groups in total. The second-order valence-electron chi connectivity index (χ2n) is 3.45. The van der Waals surface area contributed by atoms with Gasteiger partial charge in [0, 0.05) is 13.2 Å². The van der Waals surface area contributed by atoms with E-state index in [1.54, 1.807) is 5.38 Å². The summed E-state index contributed by atoms with van der Waals surface area (Å²) in [6.07, 6.45) is 0.840. The van der Waals surface area contributed by atoms with Crippen molar-refractivity contribution in [1.82, 2.24) is 5.32 Å². The number of thiophene rings is 1. The molecule has 0 unspecified atom stereocenters. The molecule has 0 atom stereocenters. The molecule has 0 saturated heterocycles. The summed E-state index contributed by atoms with van der Waals surface area (Å²) in [5, 5.41) is 22.3. The van der Waals surface area contributed by atoms with Crippen molar-refractivity contribution in [2.45, 2.75) is 13.0 Å². The van der Waals surface area contributed by atoms with Crippen LogP contribution in [0.5, 0.6) is 0 Å². The van der Waals surface area contributed by atoms with Crippen LogP contribution in [0.1, 0.15) is 21.7 Å². The molecular weight excluding hydrogens is 242 g/mol. The van der Waals surface area contributed by atoms with Gasteiger partial charge in [0.15, 0.2) is 0 Å². The van der Waals surface area contributed by atoms with E-state index in [1.165, 1.54) is 11.3 Å². The first-order valence-electron chi connectivity index (χ1n) is 5.44. The SMILES string of the molecule is O=C(O)c1sccc1CNCCCOCCO. The summed E-state index contributed by atoms with van der Waals surface area (Å²) in [5.74, 6) is -0.872. The lowest BCUT2D eigenvalue weighted by atomic mass is 10.2. The zero-order chi connectivity index (χ0) is 12.5. The van der Waals surface area contributed by atoms with Crippen molar-refractivity contribution in [3.8, 4) is 0 Å². The molecule has 0 spiro atoms. The van der Waals surface area contributed by atoms with Gasteiger partial charge in [-0.3, -0.25) is 0 Å². The van der Waals surface area contributed by atoms with Crippen LogP contribution < -0.4 is 5.32 Å². The van der Waals surface area contributed by atoms with E-state index < -0.39 is 5.97 Å². The maximum atomic E-state index is 10.8. The van der Waals surface area contributed by atoms with Crippen LogP contribution in [0.4, 0.5) is 0 Å². The van der Waals surface area contributed by atoms with Gasteiger partial charge in [-0.05, 0) is 30.0 Å². The number of aliphatic hydroxyl groups excluding tert-OH is 1. The number of carboxylic acid groups (broad SMARTS) is 1. The van der Waals surface area contributed by atoms with Crippen LogP contribution in [-0.2, 0) is 11.3 Å². The third-order valence-electron chi connectivity index (χ3n) is 2.13. The molecule has 17 heavy (non-hydrogen) atoms. The molecule has 0 aliphatic rings. The van der Waals surface area contributed by atoms with Crippen LogP contribution >= 0.6 is 11.3 Å². The maximum Gasteiger partial charge on any atom is 0.346 e. The molecule has 1 heterocycles. The molecule has 5 nitrogen and oxygen atoms in total. The molecule has 0 aromatic carbocycles. The first kappa shape index (κ1) is 14.1. The Morgan fingerprint density at radius 3 is 3.00 bits per heavy atom. The molecule has 1 aromatic rings. The Bertz CT molecular complexity index is 340. The molecule has 0 saturated carbocycles. The molecule has 96 valence electrons. The minimum Gasteiger partial charge on any atom is -0.477 e. The summed E-state index contributed by atoms with van der Waals surface area (Å²) in [7, 11) is 0. The number of nitrogens with one attached hydrogen (secondary N) is 1. The van der Waals surface area contributed by atoms with Crippen molar-refractivity contribution in [1.29, 1.82) is 0 Å². The van der Waals surface area contributed by atoms with E-state index >= 15 is 0 Å². The predicted molar refractivity (Wildman–Crippen MR) is 65.5 cm³/mol. The van der Waals surface area contributed by atoms with Gasteiger partial charge in [0.05, 0.1) is 13.2 Å². The number of hydrogen-bond donors (Lipinski definition) is 3. The highest BCUT2D eigenvalue weighted by atomic mass is 32.1. The molecule has 0 amide bonds. The average Bonchev–Trinajstić information content (AvgIpc) is 2.76. The second-order valence-corrected chi connectivity index (χ2v) is 4.36. The van der Waals surface area contributed by atoms with Gasteiger partial charge in [0.1, 0.15) is 4.88 Å². The summed E-state index contributed by atoms with van der Waals surface area (Å²) in [5.41, 5.74) is 0.818. The quantitative estimate of drug-likeness (QED) is 0.575. The van der Waals surface area contributed by atoms with Crippen molar-refractivity contribution in [2.75, 3.05) is 26.4 Å². The van der Waals surface area contributed by atoms with Gasteiger partial charge >= 0.3 is 5.97 Å². The Morgan fingerprint density at radius 1 is 1.47 bits per heavy atom. The number of hydrogen-bond acceptors (Lipinski definition) is 5. The topological polar surface area (TPSA) is 78.8 Å². The van der Waals surface area contributed by atoms with E-state index in [-0.39, 0.29) is 6.61 Å². The fourth-order valence-corrected chi connectivity index (χ4v) is 2.11. The van der Waals surface area contributed by atoms with Crippen LogP contribution in [0.25, 0.3) is 0 Å². The molecule has 0 aliphatic heterocycles. The van der Waals surface area contributed by atoms with Gasteiger partial charge in [-0.2, -0.15) is 0 Å². The van der Waals surface area contributed by atoms with E-state index in [0.29, 0.717) is 24.6 Å². The highest BCUT2D eigenvalue weighted by Crippen LogP contribution is 2.16. The van der Waals surface area contributed by atoms with Gasteiger partial charge < -0.3 is 20.3 Å². The number of aromatic carboxylic acids is 1. The minimum atomic E-state index is -0.872. The van der Waals surface area contributed by atoms with Gasteiger partial charge in [-0.1, -0.05) is 0 Å². The summed E-state index contributed by atoms with van der Waals surface area (Å²) in [4.78, 5) is 11.2. The Morgan fingerprint density at radius 2 is 2.29 bits per heavy atom. The highest BCUT2D eigenvalue weighted by molar-refractivity contribution is 7.12. The summed E-state index contributed by atoms with van der Waals surface area (Å²) < 4.78 is 5.10. The van der Waals surface area contributed by atoms with Gasteiger partial charge in [-0.15, -0.1) is 11.3 Å². The zero-order valence-electron chi connectivity index (χ0n) is 9.52.